The summed E-state index contributed by atoms with van der Waals surface area (Å²) in [5.41, 5.74) is 1.31. The Morgan fingerprint density at radius 3 is 2.40 bits per heavy atom. The normalized spacial score (nSPS) is 10.1. The van der Waals surface area contributed by atoms with Gasteiger partial charge in [-0.2, -0.15) is 0 Å². The third kappa shape index (κ3) is 3.65. The summed E-state index contributed by atoms with van der Waals surface area (Å²) >= 11 is 7.02. The molecule has 0 aliphatic rings. The van der Waals surface area contributed by atoms with E-state index in [2.05, 4.69) is 57.5 Å². The zero-order chi connectivity index (χ0) is 11.3. The standard InChI is InChI=1S/C12H14Br2O/c1-3-5-9-7-10(13)12(11(14)8-9)15-6-4-2/h4,7-8H,2-3,5-6H2,1H3. The van der Waals surface area contributed by atoms with Crippen molar-refractivity contribution in [3.8, 4) is 5.75 Å². The quantitative estimate of drug-likeness (QED) is 0.708. The molecule has 0 aliphatic heterocycles. The van der Waals surface area contributed by atoms with Gasteiger partial charge in [0.25, 0.3) is 0 Å². The maximum Gasteiger partial charge on any atom is 0.148 e. The van der Waals surface area contributed by atoms with Crippen LogP contribution in [-0.2, 0) is 6.42 Å². The van der Waals surface area contributed by atoms with Gasteiger partial charge < -0.3 is 4.74 Å². The van der Waals surface area contributed by atoms with Crippen LogP contribution in [0.1, 0.15) is 18.9 Å². The van der Waals surface area contributed by atoms with Gasteiger partial charge in [0.1, 0.15) is 12.4 Å². The summed E-state index contributed by atoms with van der Waals surface area (Å²) in [4.78, 5) is 0. The largest absolute Gasteiger partial charge is 0.487 e. The monoisotopic (exact) mass is 332 g/mol. The average molecular weight is 334 g/mol. The van der Waals surface area contributed by atoms with Crippen LogP contribution in [0.2, 0.25) is 0 Å². The van der Waals surface area contributed by atoms with E-state index in [1.165, 1.54) is 5.56 Å². The van der Waals surface area contributed by atoms with E-state index in [4.69, 9.17) is 4.74 Å². The minimum Gasteiger partial charge on any atom is -0.487 e. The van der Waals surface area contributed by atoms with Crippen molar-refractivity contribution in [2.45, 2.75) is 19.8 Å². The highest BCUT2D eigenvalue weighted by atomic mass is 79.9. The number of hydrogen-bond donors (Lipinski definition) is 0. The lowest BCUT2D eigenvalue weighted by Crippen LogP contribution is -1.96. The second kappa shape index (κ2) is 6.33. The highest BCUT2D eigenvalue weighted by Crippen LogP contribution is 2.35. The molecule has 3 heteroatoms. The van der Waals surface area contributed by atoms with Crippen molar-refractivity contribution in [3.63, 3.8) is 0 Å². The lowest BCUT2D eigenvalue weighted by molar-refractivity contribution is 0.358. The Balaban J connectivity index is 2.93. The second-order valence-electron chi connectivity index (χ2n) is 3.24. The fourth-order valence-corrected chi connectivity index (χ4v) is 2.84. The molecule has 82 valence electrons. The molecule has 15 heavy (non-hydrogen) atoms. The highest BCUT2D eigenvalue weighted by molar-refractivity contribution is 9.11. The lowest BCUT2D eigenvalue weighted by Gasteiger charge is -2.10. The molecule has 0 saturated heterocycles. The van der Waals surface area contributed by atoms with Crippen molar-refractivity contribution >= 4 is 31.9 Å². The summed E-state index contributed by atoms with van der Waals surface area (Å²) in [6.45, 7) is 6.32. The predicted molar refractivity (Wildman–Crippen MR) is 71.5 cm³/mol. The van der Waals surface area contributed by atoms with E-state index < -0.39 is 0 Å². The summed E-state index contributed by atoms with van der Waals surface area (Å²) in [5.74, 6) is 0.842. The first-order valence-electron chi connectivity index (χ1n) is 4.90. The van der Waals surface area contributed by atoms with Gasteiger partial charge in [0, 0.05) is 0 Å². The smallest absolute Gasteiger partial charge is 0.148 e. The number of halogens is 2. The summed E-state index contributed by atoms with van der Waals surface area (Å²) in [5, 5.41) is 0. The van der Waals surface area contributed by atoms with E-state index in [1.807, 2.05) is 0 Å². The van der Waals surface area contributed by atoms with Crippen LogP contribution in [0.5, 0.6) is 5.75 Å². The summed E-state index contributed by atoms with van der Waals surface area (Å²) in [6, 6.07) is 4.21. The molecule has 1 aromatic carbocycles. The lowest BCUT2D eigenvalue weighted by atomic mass is 10.1. The van der Waals surface area contributed by atoms with Gasteiger partial charge in [0.2, 0.25) is 0 Å². The van der Waals surface area contributed by atoms with Gasteiger partial charge in [-0.1, -0.05) is 26.0 Å². The Bertz CT molecular complexity index is 324. The van der Waals surface area contributed by atoms with Gasteiger partial charge >= 0.3 is 0 Å². The fraction of sp³-hybridized carbons (Fsp3) is 0.333. The van der Waals surface area contributed by atoms with Crippen LogP contribution < -0.4 is 4.74 Å². The maximum absolute atomic E-state index is 5.54. The molecular formula is C12H14Br2O. The molecule has 0 bridgehead atoms. The molecule has 0 unspecified atom stereocenters. The van der Waals surface area contributed by atoms with Gasteiger partial charge in [-0.15, -0.1) is 0 Å². The Kier molecular flexibility index (Phi) is 5.40. The Hall–Kier alpha value is -0.280. The SMILES string of the molecule is C=CCOc1c(Br)cc(CCC)cc1Br. The predicted octanol–water partition coefficient (Wildman–Crippen LogP) is 4.73. The minimum atomic E-state index is 0.518. The number of ether oxygens (including phenoxy) is 1. The molecule has 0 fully saturated rings. The summed E-state index contributed by atoms with van der Waals surface area (Å²) in [6.07, 6.45) is 3.96. The molecule has 0 aliphatic carbocycles. The van der Waals surface area contributed by atoms with Crippen LogP contribution in [0, 0.1) is 0 Å². The van der Waals surface area contributed by atoms with E-state index in [9.17, 15) is 0 Å². The Morgan fingerprint density at radius 2 is 1.93 bits per heavy atom. The number of hydrogen-bond acceptors (Lipinski definition) is 1. The molecule has 0 heterocycles. The van der Waals surface area contributed by atoms with E-state index in [0.29, 0.717) is 6.61 Å². The molecule has 0 aromatic heterocycles. The maximum atomic E-state index is 5.54. The molecule has 0 N–H and O–H groups in total. The Labute approximate surface area is 108 Å². The van der Waals surface area contributed by atoms with Crippen molar-refractivity contribution in [3.05, 3.63) is 39.3 Å². The third-order valence-electron chi connectivity index (χ3n) is 1.94. The van der Waals surface area contributed by atoms with E-state index >= 15 is 0 Å². The molecule has 0 spiro atoms. The first-order chi connectivity index (χ1) is 7.19. The topological polar surface area (TPSA) is 9.23 Å². The molecular weight excluding hydrogens is 320 g/mol. The van der Waals surface area contributed by atoms with Crippen molar-refractivity contribution in [2.24, 2.45) is 0 Å². The van der Waals surface area contributed by atoms with Gasteiger partial charge in [0.15, 0.2) is 0 Å². The molecule has 0 saturated carbocycles. The number of benzene rings is 1. The number of rotatable bonds is 5. The molecule has 1 nitrogen and oxygen atoms in total. The third-order valence-corrected chi connectivity index (χ3v) is 3.12. The minimum absolute atomic E-state index is 0.518. The van der Waals surface area contributed by atoms with Gasteiger partial charge in [-0.25, -0.2) is 0 Å². The molecule has 0 atom stereocenters. The van der Waals surface area contributed by atoms with Crippen LogP contribution >= 0.6 is 31.9 Å². The van der Waals surface area contributed by atoms with Crippen molar-refractivity contribution in [1.29, 1.82) is 0 Å². The van der Waals surface area contributed by atoms with Gasteiger partial charge in [0.05, 0.1) is 8.95 Å². The van der Waals surface area contributed by atoms with Crippen LogP contribution in [-0.4, -0.2) is 6.61 Å². The first-order valence-corrected chi connectivity index (χ1v) is 6.49. The van der Waals surface area contributed by atoms with Crippen molar-refractivity contribution < 1.29 is 4.74 Å². The van der Waals surface area contributed by atoms with E-state index in [0.717, 1.165) is 27.5 Å². The van der Waals surface area contributed by atoms with Gasteiger partial charge in [-0.3, -0.25) is 0 Å². The summed E-state index contributed by atoms with van der Waals surface area (Å²) in [7, 11) is 0. The molecule has 0 amide bonds. The molecule has 1 rings (SSSR count). The van der Waals surface area contributed by atoms with Crippen LogP contribution in [0.4, 0.5) is 0 Å². The Morgan fingerprint density at radius 1 is 1.33 bits per heavy atom. The summed E-state index contributed by atoms with van der Waals surface area (Å²) < 4.78 is 7.51. The van der Waals surface area contributed by atoms with Crippen molar-refractivity contribution in [2.75, 3.05) is 6.61 Å². The van der Waals surface area contributed by atoms with Crippen LogP contribution in [0.3, 0.4) is 0 Å². The van der Waals surface area contributed by atoms with E-state index in [-0.39, 0.29) is 0 Å². The van der Waals surface area contributed by atoms with E-state index in [1.54, 1.807) is 6.08 Å². The highest BCUT2D eigenvalue weighted by Gasteiger charge is 2.07. The second-order valence-corrected chi connectivity index (χ2v) is 4.95. The fourth-order valence-electron chi connectivity index (χ4n) is 1.33. The van der Waals surface area contributed by atoms with Gasteiger partial charge in [-0.05, 0) is 56.0 Å². The van der Waals surface area contributed by atoms with Crippen LogP contribution in [0.15, 0.2) is 33.7 Å². The zero-order valence-electron chi connectivity index (χ0n) is 8.72. The van der Waals surface area contributed by atoms with Crippen LogP contribution in [0.25, 0.3) is 0 Å². The van der Waals surface area contributed by atoms with Crippen molar-refractivity contribution in [1.82, 2.24) is 0 Å². The first kappa shape index (κ1) is 12.8. The molecule has 0 radical (unpaired) electrons. The average Bonchev–Trinajstić information content (AvgIpc) is 2.17. The molecule has 1 aromatic rings. The zero-order valence-corrected chi connectivity index (χ0v) is 11.9. The number of aryl methyl sites for hydroxylation is 1.